The van der Waals surface area contributed by atoms with Crippen molar-refractivity contribution in [3.8, 4) is 11.1 Å². The van der Waals surface area contributed by atoms with Crippen LogP contribution in [0.5, 0.6) is 0 Å². The van der Waals surface area contributed by atoms with Gasteiger partial charge in [-0.1, -0.05) is 104 Å². The van der Waals surface area contributed by atoms with Crippen molar-refractivity contribution in [1.82, 2.24) is 0 Å². The van der Waals surface area contributed by atoms with Gasteiger partial charge in [-0.3, -0.25) is 0 Å². The van der Waals surface area contributed by atoms with E-state index < -0.39 is 0 Å². The van der Waals surface area contributed by atoms with E-state index in [1.54, 1.807) is 0 Å². The zero-order valence-electron chi connectivity index (χ0n) is 18.0. The minimum absolute atomic E-state index is 0.0670. The maximum absolute atomic E-state index is 3.71. The lowest BCUT2D eigenvalue weighted by atomic mass is 9.74. The van der Waals surface area contributed by atoms with E-state index in [2.05, 4.69) is 128 Å². The van der Waals surface area contributed by atoms with Crippen LogP contribution in [0.15, 0.2) is 63.5 Å². The zero-order chi connectivity index (χ0) is 21.1. The fourth-order valence-electron chi connectivity index (χ4n) is 4.46. The number of halogens is 2. The van der Waals surface area contributed by atoms with Gasteiger partial charge in [0.15, 0.2) is 0 Å². The maximum atomic E-state index is 3.71. The third-order valence-electron chi connectivity index (χ3n) is 5.98. The topological polar surface area (TPSA) is 0 Å². The predicted octanol–water partition coefficient (Wildman–Crippen LogP) is 8.97. The van der Waals surface area contributed by atoms with E-state index in [4.69, 9.17) is 0 Å². The summed E-state index contributed by atoms with van der Waals surface area (Å²) >= 11 is 7.42. The van der Waals surface area contributed by atoms with Crippen molar-refractivity contribution in [2.24, 2.45) is 0 Å². The third-order valence-corrected chi connectivity index (χ3v) is 6.96. The molecule has 0 saturated heterocycles. The molecule has 0 saturated carbocycles. The average Bonchev–Trinajstić information content (AvgIpc) is 2.91. The Labute approximate surface area is 192 Å². The molecule has 3 aromatic carbocycles. The summed E-state index contributed by atoms with van der Waals surface area (Å²) < 4.78 is 2.27. The SMILES string of the molecule is CC(C)(C)c1ccc(C2c3cc(Br)ccc3-c3ccc(Br)cc32)c(C(C)(C)C)c1. The van der Waals surface area contributed by atoms with Crippen molar-refractivity contribution in [3.63, 3.8) is 0 Å². The standard InChI is InChI=1S/C27H28Br2/c1-26(2,3)16-7-10-21(24(13-16)27(4,5)6)25-22-14-17(28)8-11-19(22)20-12-9-18(29)15-23(20)25/h7-15,25H,1-6H3. The lowest BCUT2D eigenvalue weighted by molar-refractivity contribution is 0.562. The molecule has 0 atom stereocenters. The smallest absolute Gasteiger partial charge is 0.0356 e. The van der Waals surface area contributed by atoms with Crippen LogP contribution in [0.2, 0.25) is 0 Å². The minimum atomic E-state index is 0.0670. The van der Waals surface area contributed by atoms with Crippen LogP contribution >= 0.6 is 31.9 Å². The monoisotopic (exact) mass is 510 g/mol. The highest BCUT2D eigenvalue weighted by Crippen LogP contribution is 2.51. The zero-order valence-corrected chi connectivity index (χ0v) is 21.2. The molecule has 0 spiro atoms. The van der Waals surface area contributed by atoms with Crippen LogP contribution in [-0.2, 0) is 10.8 Å². The molecule has 4 rings (SSSR count). The van der Waals surface area contributed by atoms with Crippen LogP contribution < -0.4 is 0 Å². The van der Waals surface area contributed by atoms with E-state index in [0.29, 0.717) is 0 Å². The van der Waals surface area contributed by atoms with Gasteiger partial charge in [-0.15, -0.1) is 0 Å². The van der Waals surface area contributed by atoms with Gasteiger partial charge in [0.25, 0.3) is 0 Å². The van der Waals surface area contributed by atoms with Crippen LogP contribution in [0, 0.1) is 0 Å². The summed E-state index contributed by atoms with van der Waals surface area (Å²) in [5.41, 5.74) is 9.93. The second kappa shape index (κ2) is 7.10. The van der Waals surface area contributed by atoms with Gasteiger partial charge in [0.1, 0.15) is 0 Å². The Hall–Kier alpha value is -1.38. The van der Waals surface area contributed by atoms with E-state index in [9.17, 15) is 0 Å². The fraction of sp³-hybridized carbons (Fsp3) is 0.333. The first-order valence-corrected chi connectivity index (χ1v) is 11.8. The van der Waals surface area contributed by atoms with Gasteiger partial charge < -0.3 is 0 Å². The van der Waals surface area contributed by atoms with Gasteiger partial charge in [-0.2, -0.15) is 0 Å². The van der Waals surface area contributed by atoms with Gasteiger partial charge in [0.2, 0.25) is 0 Å². The molecule has 0 N–H and O–H groups in total. The molecule has 0 fully saturated rings. The molecule has 0 heterocycles. The Morgan fingerprint density at radius 1 is 0.586 bits per heavy atom. The Balaban J connectivity index is 2.02. The summed E-state index contributed by atoms with van der Waals surface area (Å²) in [6, 6.07) is 20.6. The summed E-state index contributed by atoms with van der Waals surface area (Å²) in [4.78, 5) is 0. The van der Waals surface area contributed by atoms with E-state index in [1.165, 1.54) is 38.9 Å². The minimum Gasteiger partial charge on any atom is -0.0582 e. The largest absolute Gasteiger partial charge is 0.0582 e. The van der Waals surface area contributed by atoms with Crippen molar-refractivity contribution < 1.29 is 0 Å². The second-order valence-corrected chi connectivity index (χ2v) is 12.0. The van der Waals surface area contributed by atoms with Crippen molar-refractivity contribution in [3.05, 3.63) is 91.4 Å². The third kappa shape index (κ3) is 3.75. The molecule has 0 nitrogen and oxygen atoms in total. The molecule has 0 amide bonds. The average molecular weight is 512 g/mol. The summed E-state index contributed by atoms with van der Waals surface area (Å²) in [6.45, 7) is 13.9. The Morgan fingerprint density at radius 2 is 1.10 bits per heavy atom. The van der Waals surface area contributed by atoms with E-state index in [-0.39, 0.29) is 16.7 Å². The van der Waals surface area contributed by atoms with Crippen molar-refractivity contribution in [1.29, 1.82) is 0 Å². The quantitative estimate of drug-likeness (QED) is 0.239. The molecular formula is C27H28Br2. The van der Waals surface area contributed by atoms with Crippen molar-refractivity contribution >= 4 is 31.9 Å². The van der Waals surface area contributed by atoms with Crippen molar-refractivity contribution in [2.75, 3.05) is 0 Å². The Morgan fingerprint density at radius 3 is 1.55 bits per heavy atom. The van der Waals surface area contributed by atoms with E-state index in [0.717, 1.165) is 8.95 Å². The summed E-state index contributed by atoms with van der Waals surface area (Å²) in [5, 5.41) is 0. The molecule has 1 aliphatic carbocycles. The number of hydrogen-bond acceptors (Lipinski definition) is 0. The van der Waals surface area contributed by atoms with Crippen LogP contribution in [-0.4, -0.2) is 0 Å². The van der Waals surface area contributed by atoms with E-state index >= 15 is 0 Å². The molecule has 0 radical (unpaired) electrons. The van der Waals surface area contributed by atoms with Crippen LogP contribution in [0.3, 0.4) is 0 Å². The van der Waals surface area contributed by atoms with Crippen molar-refractivity contribution in [2.45, 2.75) is 58.3 Å². The molecule has 29 heavy (non-hydrogen) atoms. The first-order valence-electron chi connectivity index (χ1n) is 10.2. The van der Waals surface area contributed by atoms with Crippen LogP contribution in [0.4, 0.5) is 0 Å². The van der Waals surface area contributed by atoms with Crippen LogP contribution in [0.25, 0.3) is 11.1 Å². The van der Waals surface area contributed by atoms with Gasteiger partial charge >= 0.3 is 0 Å². The highest BCUT2D eigenvalue weighted by atomic mass is 79.9. The lowest BCUT2D eigenvalue weighted by Crippen LogP contribution is -2.20. The van der Waals surface area contributed by atoms with Gasteiger partial charge in [0.05, 0.1) is 0 Å². The molecule has 0 aromatic heterocycles. The van der Waals surface area contributed by atoms with E-state index in [1.807, 2.05) is 0 Å². The maximum Gasteiger partial charge on any atom is 0.0356 e. The summed E-state index contributed by atoms with van der Waals surface area (Å²) in [7, 11) is 0. The molecule has 0 aliphatic heterocycles. The van der Waals surface area contributed by atoms with Gasteiger partial charge in [-0.25, -0.2) is 0 Å². The number of rotatable bonds is 1. The number of hydrogen-bond donors (Lipinski definition) is 0. The van der Waals surface area contributed by atoms with Gasteiger partial charge in [0, 0.05) is 14.9 Å². The Bertz CT molecular complexity index is 1040. The normalized spacial score (nSPS) is 14.1. The molecule has 0 unspecified atom stereocenters. The second-order valence-electron chi connectivity index (χ2n) is 10.2. The Kier molecular flexibility index (Phi) is 5.11. The van der Waals surface area contributed by atoms with Crippen LogP contribution in [0.1, 0.15) is 75.3 Å². The highest BCUT2D eigenvalue weighted by Gasteiger charge is 2.34. The molecule has 0 bridgehead atoms. The molecule has 1 aliphatic rings. The first kappa shape index (κ1) is 20.9. The predicted molar refractivity (Wildman–Crippen MR) is 132 cm³/mol. The first-order chi connectivity index (χ1) is 13.5. The summed E-state index contributed by atoms with van der Waals surface area (Å²) in [5.74, 6) is 0.248. The number of fused-ring (bicyclic) bond motifs is 3. The molecule has 150 valence electrons. The van der Waals surface area contributed by atoms with Gasteiger partial charge in [-0.05, 0) is 74.0 Å². The highest BCUT2D eigenvalue weighted by molar-refractivity contribution is 9.10. The lowest BCUT2D eigenvalue weighted by Gasteiger charge is -2.30. The molecular weight excluding hydrogens is 484 g/mol. The fourth-order valence-corrected chi connectivity index (χ4v) is 5.22. The molecule has 3 aromatic rings. The summed E-state index contributed by atoms with van der Waals surface area (Å²) in [6.07, 6.45) is 0. The number of benzene rings is 3. The molecule has 2 heteroatoms.